The Kier molecular flexibility index (Phi) is 5.77. The van der Waals surface area contributed by atoms with E-state index < -0.39 is 10.0 Å². The summed E-state index contributed by atoms with van der Waals surface area (Å²) in [7, 11) is -3.59. The molecule has 7 heteroatoms. The monoisotopic (exact) mass is 378 g/mol. The van der Waals surface area contributed by atoms with E-state index in [4.69, 9.17) is 0 Å². The first-order valence-electron chi connectivity index (χ1n) is 9.27. The molecule has 1 saturated carbocycles. The van der Waals surface area contributed by atoms with Crippen LogP contribution in [-0.4, -0.2) is 55.5 Å². The molecule has 0 bridgehead atoms. The Hall–Kier alpha value is -1.73. The van der Waals surface area contributed by atoms with E-state index in [1.807, 2.05) is 0 Å². The van der Waals surface area contributed by atoms with Crippen molar-refractivity contribution in [2.75, 3.05) is 26.2 Å². The average molecular weight is 378 g/mol. The number of Topliss-reactive ketones (excluding diaryl/α,β-unsaturated/α-hetero) is 1. The predicted molar refractivity (Wildman–Crippen MR) is 98.4 cm³/mol. The maximum atomic E-state index is 12.8. The van der Waals surface area contributed by atoms with Gasteiger partial charge in [-0.3, -0.25) is 9.59 Å². The van der Waals surface area contributed by atoms with E-state index in [0.717, 1.165) is 12.8 Å². The summed E-state index contributed by atoms with van der Waals surface area (Å²) in [6.07, 6.45) is 5.30. The average Bonchev–Trinajstić information content (AvgIpc) is 3.15. The summed E-state index contributed by atoms with van der Waals surface area (Å²) in [6.45, 7) is 2.96. The summed E-state index contributed by atoms with van der Waals surface area (Å²) in [5, 5.41) is 0. The lowest BCUT2D eigenvalue weighted by Gasteiger charge is -2.34. The van der Waals surface area contributed by atoms with Gasteiger partial charge in [0.15, 0.2) is 5.78 Å². The number of hydrogen-bond acceptors (Lipinski definition) is 4. The highest BCUT2D eigenvalue weighted by Crippen LogP contribution is 2.28. The highest BCUT2D eigenvalue weighted by molar-refractivity contribution is 7.89. The molecule has 1 aliphatic heterocycles. The molecule has 0 unspecified atom stereocenters. The predicted octanol–water partition coefficient (Wildman–Crippen LogP) is 2.30. The van der Waals surface area contributed by atoms with E-state index in [1.54, 1.807) is 4.90 Å². The fraction of sp³-hybridized carbons (Fsp3) is 0.579. The van der Waals surface area contributed by atoms with Crippen molar-refractivity contribution in [2.24, 2.45) is 5.92 Å². The molecular weight excluding hydrogens is 352 g/mol. The SMILES string of the molecule is CC(=O)c1ccc(S(=O)(=O)N2CCN(C(=O)CC3CCCC3)CC2)cc1. The minimum absolute atomic E-state index is 0.0941. The Balaban J connectivity index is 1.59. The van der Waals surface area contributed by atoms with Gasteiger partial charge >= 0.3 is 0 Å². The lowest BCUT2D eigenvalue weighted by atomic mass is 10.0. The van der Waals surface area contributed by atoms with Gasteiger partial charge in [-0.15, -0.1) is 0 Å². The van der Waals surface area contributed by atoms with Gasteiger partial charge in [0, 0.05) is 38.2 Å². The van der Waals surface area contributed by atoms with Crippen molar-refractivity contribution in [3.05, 3.63) is 29.8 Å². The molecule has 142 valence electrons. The Labute approximate surface area is 155 Å². The molecule has 0 atom stereocenters. The smallest absolute Gasteiger partial charge is 0.243 e. The van der Waals surface area contributed by atoms with Gasteiger partial charge in [-0.05, 0) is 37.8 Å². The number of nitrogens with zero attached hydrogens (tertiary/aromatic N) is 2. The van der Waals surface area contributed by atoms with Crippen molar-refractivity contribution >= 4 is 21.7 Å². The fourth-order valence-corrected chi connectivity index (χ4v) is 5.20. The summed E-state index contributed by atoms with van der Waals surface area (Å²) < 4.78 is 26.9. The summed E-state index contributed by atoms with van der Waals surface area (Å²) in [5.41, 5.74) is 0.492. The van der Waals surface area contributed by atoms with Crippen molar-refractivity contribution in [2.45, 2.75) is 43.9 Å². The second kappa shape index (κ2) is 7.88. The number of ketones is 1. The van der Waals surface area contributed by atoms with Crippen LogP contribution in [0.2, 0.25) is 0 Å². The molecule has 3 rings (SSSR count). The first-order chi connectivity index (χ1) is 12.4. The zero-order valence-corrected chi connectivity index (χ0v) is 16.0. The lowest BCUT2D eigenvalue weighted by Crippen LogP contribution is -2.50. The number of carbonyl (C=O) groups excluding carboxylic acids is 2. The largest absolute Gasteiger partial charge is 0.340 e. The van der Waals surface area contributed by atoms with Crippen LogP contribution in [0.15, 0.2) is 29.2 Å². The summed E-state index contributed by atoms with van der Waals surface area (Å²) in [4.78, 5) is 25.7. The van der Waals surface area contributed by atoms with E-state index in [0.29, 0.717) is 44.1 Å². The van der Waals surface area contributed by atoms with Gasteiger partial charge in [0.1, 0.15) is 0 Å². The number of amides is 1. The van der Waals surface area contributed by atoms with Crippen molar-refractivity contribution in [3.8, 4) is 0 Å². The molecule has 26 heavy (non-hydrogen) atoms. The van der Waals surface area contributed by atoms with E-state index in [2.05, 4.69) is 0 Å². The van der Waals surface area contributed by atoms with Crippen molar-refractivity contribution in [3.63, 3.8) is 0 Å². The molecule has 0 radical (unpaired) electrons. The summed E-state index contributed by atoms with van der Waals surface area (Å²) in [5.74, 6) is 0.562. The van der Waals surface area contributed by atoms with Gasteiger partial charge in [-0.25, -0.2) is 8.42 Å². The van der Waals surface area contributed by atoms with Crippen LogP contribution in [0.1, 0.15) is 49.4 Å². The molecule has 1 saturated heterocycles. The second-order valence-corrected chi connectivity index (χ2v) is 9.16. The van der Waals surface area contributed by atoms with E-state index in [1.165, 1.54) is 48.3 Å². The van der Waals surface area contributed by atoms with E-state index >= 15 is 0 Å². The van der Waals surface area contributed by atoms with Crippen LogP contribution < -0.4 is 0 Å². The molecular formula is C19H26N2O4S. The number of piperazine rings is 1. The highest BCUT2D eigenvalue weighted by Gasteiger charge is 2.31. The normalized spacial score (nSPS) is 19.7. The Morgan fingerprint density at radius 2 is 1.58 bits per heavy atom. The molecule has 2 aliphatic rings. The third-order valence-electron chi connectivity index (χ3n) is 5.43. The van der Waals surface area contributed by atoms with E-state index in [9.17, 15) is 18.0 Å². The molecule has 0 N–H and O–H groups in total. The third-order valence-corrected chi connectivity index (χ3v) is 7.34. The summed E-state index contributed by atoms with van der Waals surface area (Å²) in [6, 6.07) is 6.03. The minimum atomic E-state index is -3.59. The second-order valence-electron chi connectivity index (χ2n) is 7.22. The van der Waals surface area contributed by atoms with Crippen LogP contribution in [0.4, 0.5) is 0 Å². The maximum Gasteiger partial charge on any atom is 0.243 e. The van der Waals surface area contributed by atoms with Crippen LogP contribution in [0.5, 0.6) is 0 Å². The third kappa shape index (κ3) is 4.15. The van der Waals surface area contributed by atoms with Crippen LogP contribution in [-0.2, 0) is 14.8 Å². The zero-order valence-electron chi connectivity index (χ0n) is 15.2. The molecule has 1 aliphatic carbocycles. The standard InChI is InChI=1S/C19H26N2O4S/c1-15(22)17-6-8-18(9-7-17)26(24,25)21-12-10-20(11-13-21)19(23)14-16-4-2-3-5-16/h6-9,16H,2-5,10-14H2,1H3. The number of rotatable bonds is 5. The first kappa shape index (κ1) is 19.0. The van der Waals surface area contributed by atoms with Gasteiger partial charge in [0.05, 0.1) is 4.90 Å². The van der Waals surface area contributed by atoms with Gasteiger partial charge < -0.3 is 4.90 Å². The Morgan fingerprint density at radius 1 is 1.00 bits per heavy atom. The zero-order chi connectivity index (χ0) is 18.7. The maximum absolute atomic E-state index is 12.8. The van der Waals surface area contributed by atoms with Gasteiger partial charge in [0.25, 0.3) is 0 Å². The van der Waals surface area contributed by atoms with Crippen molar-refractivity contribution in [1.82, 2.24) is 9.21 Å². The van der Waals surface area contributed by atoms with Gasteiger partial charge in [0.2, 0.25) is 15.9 Å². The molecule has 2 fully saturated rings. The fourth-order valence-electron chi connectivity index (χ4n) is 3.78. The minimum Gasteiger partial charge on any atom is -0.340 e. The van der Waals surface area contributed by atoms with Crippen LogP contribution >= 0.6 is 0 Å². The quantitative estimate of drug-likeness (QED) is 0.737. The molecule has 1 aromatic rings. The number of sulfonamides is 1. The van der Waals surface area contributed by atoms with E-state index in [-0.39, 0.29) is 16.6 Å². The molecule has 0 aromatic heterocycles. The van der Waals surface area contributed by atoms with Crippen LogP contribution in [0.3, 0.4) is 0 Å². The summed E-state index contributed by atoms with van der Waals surface area (Å²) >= 11 is 0. The molecule has 0 spiro atoms. The number of hydrogen-bond donors (Lipinski definition) is 0. The van der Waals surface area contributed by atoms with Crippen LogP contribution in [0, 0.1) is 5.92 Å². The first-order valence-corrected chi connectivity index (χ1v) is 10.7. The van der Waals surface area contributed by atoms with Crippen LogP contribution in [0.25, 0.3) is 0 Å². The highest BCUT2D eigenvalue weighted by atomic mass is 32.2. The number of benzene rings is 1. The lowest BCUT2D eigenvalue weighted by molar-refractivity contribution is -0.133. The molecule has 1 amide bonds. The van der Waals surface area contributed by atoms with Crippen molar-refractivity contribution in [1.29, 1.82) is 0 Å². The topological polar surface area (TPSA) is 74.8 Å². The molecule has 1 heterocycles. The number of carbonyl (C=O) groups is 2. The Morgan fingerprint density at radius 3 is 2.12 bits per heavy atom. The molecule has 6 nitrogen and oxygen atoms in total. The van der Waals surface area contributed by atoms with Gasteiger partial charge in [-0.2, -0.15) is 4.31 Å². The van der Waals surface area contributed by atoms with Crippen molar-refractivity contribution < 1.29 is 18.0 Å². The Bertz CT molecular complexity index is 759. The van der Waals surface area contributed by atoms with Gasteiger partial charge in [-0.1, -0.05) is 25.0 Å². The molecule has 1 aromatic carbocycles.